The summed E-state index contributed by atoms with van der Waals surface area (Å²) in [5.41, 5.74) is 0.771. The lowest BCUT2D eigenvalue weighted by atomic mass is 9.92. The van der Waals surface area contributed by atoms with Crippen LogP contribution in [0.5, 0.6) is 0 Å². The predicted octanol–water partition coefficient (Wildman–Crippen LogP) is 1.92. The van der Waals surface area contributed by atoms with Crippen molar-refractivity contribution in [1.82, 2.24) is 9.97 Å². The molecule has 1 aromatic rings. The van der Waals surface area contributed by atoms with Crippen LogP contribution in [0, 0.1) is 0 Å². The van der Waals surface area contributed by atoms with Crippen LogP contribution >= 0.6 is 11.6 Å². The van der Waals surface area contributed by atoms with Gasteiger partial charge in [-0.15, -0.1) is 0 Å². The molecule has 0 spiro atoms. The van der Waals surface area contributed by atoms with E-state index in [1.165, 1.54) is 0 Å². The molecule has 1 rings (SSSR count). The van der Waals surface area contributed by atoms with Crippen LogP contribution < -0.4 is 0 Å². The third kappa shape index (κ3) is 2.64. The Kier molecular flexibility index (Phi) is 2.88. The maximum Gasteiger partial charge on any atom is 0.155 e. The second-order valence-electron chi connectivity index (χ2n) is 3.90. The minimum Gasteiger partial charge on any atom is -0.388 e. The molecule has 1 N–H and O–H groups in total. The summed E-state index contributed by atoms with van der Waals surface area (Å²) in [6.07, 6.45) is 0. The molecule has 1 aromatic heterocycles. The highest BCUT2D eigenvalue weighted by molar-refractivity contribution is 6.29. The van der Waals surface area contributed by atoms with E-state index in [1.54, 1.807) is 6.07 Å². The molecule has 4 heteroatoms. The molecule has 0 bridgehead atoms. The molecule has 1 heterocycles. The van der Waals surface area contributed by atoms with Crippen molar-refractivity contribution >= 4 is 11.6 Å². The van der Waals surface area contributed by atoms with Crippen LogP contribution in [0.3, 0.4) is 0 Å². The smallest absolute Gasteiger partial charge is 0.155 e. The fraction of sp³-hybridized carbons (Fsp3) is 0.556. The summed E-state index contributed by atoms with van der Waals surface area (Å²) in [5.74, 6) is 0.373. The van der Waals surface area contributed by atoms with Crippen molar-refractivity contribution in [3.05, 3.63) is 22.7 Å². The molecule has 0 saturated carbocycles. The van der Waals surface area contributed by atoms with Crippen LogP contribution in [0.15, 0.2) is 6.07 Å². The fourth-order valence-electron chi connectivity index (χ4n) is 0.920. The Morgan fingerprint density at radius 2 is 2.00 bits per heavy atom. The molecule has 0 atom stereocenters. The van der Waals surface area contributed by atoms with Crippen LogP contribution in [-0.4, -0.2) is 15.1 Å². The Morgan fingerprint density at radius 3 is 2.46 bits per heavy atom. The van der Waals surface area contributed by atoms with E-state index in [-0.39, 0.29) is 12.0 Å². The summed E-state index contributed by atoms with van der Waals surface area (Å²) >= 11 is 5.77. The average Bonchev–Trinajstić information content (AvgIpc) is 2.01. The van der Waals surface area contributed by atoms with Crippen molar-refractivity contribution in [3.8, 4) is 0 Å². The zero-order chi connectivity index (χ0) is 10.1. The monoisotopic (exact) mass is 200 g/mol. The highest BCUT2D eigenvalue weighted by atomic mass is 35.5. The van der Waals surface area contributed by atoms with E-state index >= 15 is 0 Å². The number of aliphatic hydroxyl groups is 1. The molecule has 0 fully saturated rings. The van der Waals surface area contributed by atoms with Crippen LogP contribution in [-0.2, 0) is 12.0 Å². The second-order valence-corrected chi connectivity index (χ2v) is 4.29. The summed E-state index contributed by atoms with van der Waals surface area (Å²) in [5, 5.41) is 9.25. The Hall–Kier alpha value is -0.670. The van der Waals surface area contributed by atoms with Crippen LogP contribution in [0.25, 0.3) is 0 Å². The number of hydrogen-bond donors (Lipinski definition) is 1. The highest BCUT2D eigenvalue weighted by Crippen LogP contribution is 2.22. The zero-order valence-corrected chi connectivity index (χ0v) is 8.76. The summed E-state index contributed by atoms with van der Waals surface area (Å²) < 4.78 is 0. The highest BCUT2D eigenvalue weighted by Gasteiger charge is 2.17. The van der Waals surface area contributed by atoms with Gasteiger partial charge in [-0.3, -0.25) is 0 Å². The largest absolute Gasteiger partial charge is 0.388 e. The number of nitrogens with zero attached hydrogens (tertiary/aromatic N) is 2. The maximum absolute atomic E-state index is 8.87. The number of hydrogen-bond acceptors (Lipinski definition) is 3. The number of halogens is 1. The molecule has 0 unspecified atom stereocenters. The topological polar surface area (TPSA) is 46.0 Å². The van der Waals surface area contributed by atoms with Gasteiger partial charge in [-0.2, -0.15) is 0 Å². The molecular formula is C9H13ClN2O. The molecule has 0 amide bonds. The van der Waals surface area contributed by atoms with Crippen molar-refractivity contribution in [3.63, 3.8) is 0 Å². The third-order valence-electron chi connectivity index (χ3n) is 1.65. The van der Waals surface area contributed by atoms with Gasteiger partial charge in [0, 0.05) is 5.41 Å². The van der Waals surface area contributed by atoms with E-state index in [9.17, 15) is 0 Å². The summed E-state index contributed by atoms with van der Waals surface area (Å²) in [6.45, 7) is 5.93. The van der Waals surface area contributed by atoms with Crippen molar-refractivity contribution in [2.45, 2.75) is 32.8 Å². The van der Waals surface area contributed by atoms with Crippen LogP contribution in [0.4, 0.5) is 0 Å². The van der Waals surface area contributed by atoms with Gasteiger partial charge in [-0.25, -0.2) is 9.97 Å². The molecule has 0 aromatic carbocycles. The minimum atomic E-state index is -0.177. The first-order valence-corrected chi connectivity index (χ1v) is 4.46. The minimum absolute atomic E-state index is 0.0729. The van der Waals surface area contributed by atoms with Gasteiger partial charge in [0.15, 0.2) is 5.82 Å². The summed E-state index contributed by atoms with van der Waals surface area (Å²) in [7, 11) is 0. The molecule has 13 heavy (non-hydrogen) atoms. The van der Waals surface area contributed by atoms with E-state index in [2.05, 4.69) is 9.97 Å². The van der Waals surface area contributed by atoms with E-state index in [4.69, 9.17) is 16.7 Å². The van der Waals surface area contributed by atoms with E-state index in [0.29, 0.717) is 11.0 Å². The lowest BCUT2D eigenvalue weighted by Gasteiger charge is -2.17. The number of rotatable bonds is 1. The van der Waals surface area contributed by atoms with Crippen LogP contribution in [0.1, 0.15) is 32.3 Å². The van der Waals surface area contributed by atoms with Crippen molar-refractivity contribution in [2.75, 3.05) is 0 Å². The summed E-state index contributed by atoms with van der Waals surface area (Å²) in [4.78, 5) is 8.05. The van der Waals surface area contributed by atoms with Gasteiger partial charge >= 0.3 is 0 Å². The van der Waals surface area contributed by atoms with Crippen molar-refractivity contribution in [1.29, 1.82) is 0 Å². The third-order valence-corrected chi connectivity index (χ3v) is 1.84. The first kappa shape index (κ1) is 10.4. The maximum atomic E-state index is 8.87. The van der Waals surface area contributed by atoms with Crippen molar-refractivity contribution in [2.24, 2.45) is 0 Å². The standard InChI is InChI=1S/C9H13ClN2O/c1-9(2,3)6-4-7(10)12-8(5-13)11-6/h4,13H,5H2,1-3H3. The Balaban J connectivity index is 3.16. The first-order chi connectivity index (χ1) is 5.93. The van der Waals surface area contributed by atoms with Gasteiger partial charge in [0.1, 0.15) is 11.8 Å². The van der Waals surface area contributed by atoms with E-state index in [0.717, 1.165) is 5.69 Å². The zero-order valence-electron chi connectivity index (χ0n) is 8.00. The van der Waals surface area contributed by atoms with Gasteiger partial charge in [0.25, 0.3) is 0 Å². The molecule has 0 saturated heterocycles. The lowest BCUT2D eigenvalue weighted by Crippen LogP contribution is -2.15. The Labute approximate surface area is 82.8 Å². The van der Waals surface area contributed by atoms with Gasteiger partial charge < -0.3 is 5.11 Å². The normalized spacial score (nSPS) is 11.8. The van der Waals surface area contributed by atoms with Gasteiger partial charge in [-0.05, 0) is 6.07 Å². The quantitative estimate of drug-likeness (QED) is 0.705. The molecule has 0 aliphatic carbocycles. The Bertz CT molecular complexity index is 307. The molecule has 0 aliphatic rings. The fourth-order valence-corrected chi connectivity index (χ4v) is 1.12. The molecular weight excluding hydrogens is 188 g/mol. The molecule has 72 valence electrons. The summed E-state index contributed by atoms with van der Waals surface area (Å²) in [6, 6.07) is 1.72. The van der Waals surface area contributed by atoms with E-state index in [1.807, 2.05) is 20.8 Å². The SMILES string of the molecule is CC(C)(C)c1cc(Cl)nc(CO)n1. The second kappa shape index (κ2) is 3.60. The van der Waals surface area contributed by atoms with Gasteiger partial charge in [0.05, 0.1) is 5.69 Å². The lowest BCUT2D eigenvalue weighted by molar-refractivity contribution is 0.270. The van der Waals surface area contributed by atoms with E-state index < -0.39 is 0 Å². The molecule has 0 radical (unpaired) electrons. The number of aliphatic hydroxyl groups excluding tert-OH is 1. The van der Waals surface area contributed by atoms with Gasteiger partial charge in [-0.1, -0.05) is 32.4 Å². The first-order valence-electron chi connectivity index (χ1n) is 4.08. The Morgan fingerprint density at radius 1 is 1.38 bits per heavy atom. The predicted molar refractivity (Wildman–Crippen MR) is 51.7 cm³/mol. The van der Waals surface area contributed by atoms with Crippen LogP contribution in [0.2, 0.25) is 5.15 Å². The molecule has 3 nitrogen and oxygen atoms in total. The average molecular weight is 201 g/mol. The van der Waals surface area contributed by atoms with Gasteiger partial charge in [0.2, 0.25) is 0 Å². The number of aromatic nitrogens is 2. The van der Waals surface area contributed by atoms with Crippen molar-refractivity contribution < 1.29 is 5.11 Å². The molecule has 0 aliphatic heterocycles.